The number of aromatic hydroxyl groups is 2. The quantitative estimate of drug-likeness (QED) is 0.725. The Morgan fingerprint density at radius 2 is 2.06 bits per heavy atom. The van der Waals surface area contributed by atoms with Crippen LogP contribution in [0.1, 0.15) is 10.6 Å². The van der Waals surface area contributed by atoms with Gasteiger partial charge in [0.2, 0.25) is 5.76 Å². The maximum atomic E-state index is 13.7. The van der Waals surface area contributed by atoms with E-state index in [9.17, 15) is 19.4 Å². The molecular weight excluding hydrogens is 269 g/mol. The first-order chi connectivity index (χ1) is 8.41. The van der Waals surface area contributed by atoms with Gasteiger partial charge in [-0.25, -0.2) is 9.18 Å². The minimum absolute atomic E-state index is 0.291. The highest BCUT2D eigenvalue weighted by atomic mass is 35.5. The van der Waals surface area contributed by atoms with Crippen LogP contribution in [0.3, 0.4) is 0 Å². The van der Waals surface area contributed by atoms with Crippen LogP contribution in [-0.4, -0.2) is 26.4 Å². The summed E-state index contributed by atoms with van der Waals surface area (Å²) in [5.74, 6) is -4.45. The van der Waals surface area contributed by atoms with Crippen LogP contribution in [0.5, 0.6) is 11.5 Å². The maximum absolute atomic E-state index is 13.7. The molecular formula is C10H5ClFNO5. The minimum atomic E-state index is -1.40. The fourth-order valence-electron chi connectivity index (χ4n) is 1.33. The predicted molar refractivity (Wildman–Crippen MR) is 57.2 cm³/mol. The second kappa shape index (κ2) is 4.19. The summed E-state index contributed by atoms with van der Waals surface area (Å²) in [6.07, 6.45) is 0. The van der Waals surface area contributed by atoms with Crippen molar-refractivity contribution in [3.05, 3.63) is 28.7 Å². The van der Waals surface area contributed by atoms with Crippen LogP contribution in [-0.2, 0) is 0 Å². The third kappa shape index (κ3) is 1.84. The summed E-state index contributed by atoms with van der Waals surface area (Å²) in [7, 11) is 0. The predicted octanol–water partition coefficient (Wildman–Crippen LogP) is 2.24. The Labute approximate surface area is 104 Å². The Hall–Kier alpha value is -2.28. The molecule has 0 aliphatic heterocycles. The third-order valence-electron chi connectivity index (χ3n) is 2.15. The first kappa shape index (κ1) is 12.2. The fourth-order valence-corrected chi connectivity index (χ4v) is 1.53. The zero-order valence-corrected chi connectivity index (χ0v) is 9.27. The highest BCUT2D eigenvalue weighted by Gasteiger charge is 2.22. The maximum Gasteiger partial charge on any atom is 0.374 e. The first-order valence-electron chi connectivity index (χ1n) is 4.52. The van der Waals surface area contributed by atoms with E-state index in [0.29, 0.717) is 0 Å². The van der Waals surface area contributed by atoms with E-state index >= 15 is 0 Å². The van der Waals surface area contributed by atoms with E-state index in [1.165, 1.54) is 0 Å². The number of aromatic carboxylic acids is 1. The molecule has 0 amide bonds. The van der Waals surface area contributed by atoms with E-state index < -0.39 is 39.6 Å². The molecule has 0 bridgehead atoms. The van der Waals surface area contributed by atoms with Gasteiger partial charge < -0.3 is 19.8 Å². The lowest BCUT2D eigenvalue weighted by atomic mass is 10.1. The van der Waals surface area contributed by atoms with Crippen molar-refractivity contribution in [2.45, 2.75) is 0 Å². The summed E-state index contributed by atoms with van der Waals surface area (Å²) in [6.45, 7) is 0. The number of phenolic OH excluding ortho intramolecular Hbond substituents is 2. The van der Waals surface area contributed by atoms with Gasteiger partial charge in [0.25, 0.3) is 0 Å². The van der Waals surface area contributed by atoms with Gasteiger partial charge in [0.1, 0.15) is 5.69 Å². The smallest absolute Gasteiger partial charge is 0.374 e. The Balaban J connectivity index is 2.66. The van der Waals surface area contributed by atoms with Crippen LogP contribution < -0.4 is 0 Å². The van der Waals surface area contributed by atoms with E-state index in [1.807, 2.05) is 0 Å². The Bertz CT molecular complexity index is 613. The molecule has 0 atom stereocenters. The van der Waals surface area contributed by atoms with E-state index in [0.717, 1.165) is 12.1 Å². The average Bonchev–Trinajstić information content (AvgIpc) is 2.76. The molecule has 8 heteroatoms. The number of hydrogen-bond donors (Lipinski definition) is 3. The van der Waals surface area contributed by atoms with E-state index in [4.69, 9.17) is 16.7 Å². The number of carboxylic acids is 1. The lowest BCUT2D eigenvalue weighted by molar-refractivity contribution is 0.0652. The van der Waals surface area contributed by atoms with Gasteiger partial charge >= 0.3 is 5.97 Å². The Morgan fingerprint density at radius 3 is 2.61 bits per heavy atom. The highest BCUT2D eigenvalue weighted by molar-refractivity contribution is 6.31. The van der Waals surface area contributed by atoms with Crippen molar-refractivity contribution in [1.29, 1.82) is 0 Å². The molecule has 0 aliphatic rings. The van der Waals surface area contributed by atoms with E-state index in [1.54, 1.807) is 0 Å². The standard InChI is InChI=1S/C10H5ClFNO5/c11-3-1-5(14)9(15)7(8(3)12)4-2-6(10(16)17)18-13-4/h1-2,14-15H,(H,16,17). The molecule has 2 aromatic rings. The molecule has 2 rings (SSSR count). The minimum Gasteiger partial charge on any atom is -0.504 e. The molecule has 0 fully saturated rings. The number of aromatic nitrogens is 1. The van der Waals surface area contributed by atoms with Crippen molar-refractivity contribution >= 4 is 17.6 Å². The number of halogens is 2. The molecule has 3 N–H and O–H groups in total. The second-order valence-electron chi connectivity index (χ2n) is 3.30. The van der Waals surface area contributed by atoms with Crippen molar-refractivity contribution in [2.75, 3.05) is 0 Å². The number of hydrogen-bond acceptors (Lipinski definition) is 5. The first-order valence-corrected chi connectivity index (χ1v) is 4.90. The molecule has 0 saturated heterocycles. The van der Waals surface area contributed by atoms with Gasteiger partial charge in [0.15, 0.2) is 17.3 Å². The number of phenols is 2. The SMILES string of the molecule is O=C(O)c1cc(-c2c(O)c(O)cc(Cl)c2F)no1. The van der Waals surface area contributed by atoms with Crippen LogP contribution >= 0.6 is 11.6 Å². The Morgan fingerprint density at radius 1 is 1.39 bits per heavy atom. The zero-order valence-electron chi connectivity index (χ0n) is 8.52. The molecule has 1 heterocycles. The van der Waals surface area contributed by atoms with Crippen molar-refractivity contribution in [1.82, 2.24) is 5.16 Å². The van der Waals surface area contributed by atoms with Gasteiger partial charge in [-0.2, -0.15) is 0 Å². The molecule has 0 spiro atoms. The van der Waals surface area contributed by atoms with E-state index in [2.05, 4.69) is 9.68 Å². The van der Waals surface area contributed by atoms with Crippen LogP contribution in [0, 0.1) is 5.82 Å². The summed E-state index contributed by atoms with van der Waals surface area (Å²) in [5.41, 5.74) is -0.823. The normalized spacial score (nSPS) is 10.6. The van der Waals surface area contributed by atoms with Crippen LogP contribution in [0.4, 0.5) is 4.39 Å². The zero-order chi connectivity index (χ0) is 13.4. The summed E-state index contributed by atoms with van der Waals surface area (Å²) in [5, 5.41) is 30.3. The lowest BCUT2D eigenvalue weighted by Crippen LogP contribution is -1.92. The number of carboxylic acid groups (broad SMARTS) is 1. The molecule has 0 unspecified atom stereocenters. The molecule has 0 saturated carbocycles. The molecule has 94 valence electrons. The molecule has 1 aromatic carbocycles. The van der Waals surface area contributed by atoms with Crippen molar-refractivity contribution in [2.24, 2.45) is 0 Å². The summed E-state index contributed by atoms with van der Waals surface area (Å²) >= 11 is 5.49. The lowest BCUT2D eigenvalue weighted by Gasteiger charge is -2.06. The summed E-state index contributed by atoms with van der Waals surface area (Å²) < 4.78 is 18.1. The van der Waals surface area contributed by atoms with Gasteiger partial charge in [-0.05, 0) is 0 Å². The van der Waals surface area contributed by atoms with Gasteiger partial charge in [0, 0.05) is 12.1 Å². The van der Waals surface area contributed by atoms with E-state index in [-0.39, 0.29) is 5.69 Å². The summed E-state index contributed by atoms with van der Waals surface area (Å²) in [6, 6.07) is 1.71. The molecule has 0 aliphatic carbocycles. The number of nitrogens with zero attached hydrogens (tertiary/aromatic N) is 1. The van der Waals surface area contributed by atoms with Crippen LogP contribution in [0.15, 0.2) is 16.7 Å². The van der Waals surface area contributed by atoms with Crippen molar-refractivity contribution in [3.8, 4) is 22.8 Å². The average molecular weight is 274 g/mol. The largest absolute Gasteiger partial charge is 0.504 e. The fraction of sp³-hybridized carbons (Fsp3) is 0. The van der Waals surface area contributed by atoms with Gasteiger partial charge in [0.05, 0.1) is 10.6 Å². The number of benzene rings is 1. The number of rotatable bonds is 2. The van der Waals surface area contributed by atoms with Crippen LogP contribution in [0.2, 0.25) is 5.02 Å². The van der Waals surface area contributed by atoms with Gasteiger partial charge in [-0.1, -0.05) is 16.8 Å². The molecule has 18 heavy (non-hydrogen) atoms. The van der Waals surface area contributed by atoms with Gasteiger partial charge in [-0.3, -0.25) is 0 Å². The van der Waals surface area contributed by atoms with Crippen LogP contribution in [0.25, 0.3) is 11.3 Å². The molecule has 1 aromatic heterocycles. The topological polar surface area (TPSA) is 104 Å². The molecule has 6 nitrogen and oxygen atoms in total. The van der Waals surface area contributed by atoms with Gasteiger partial charge in [-0.15, -0.1) is 0 Å². The monoisotopic (exact) mass is 273 g/mol. The third-order valence-corrected chi connectivity index (χ3v) is 2.42. The second-order valence-corrected chi connectivity index (χ2v) is 3.70. The van der Waals surface area contributed by atoms with Crippen molar-refractivity contribution < 1.29 is 29.0 Å². The highest BCUT2D eigenvalue weighted by Crippen LogP contribution is 2.41. The van der Waals surface area contributed by atoms with Crippen molar-refractivity contribution in [3.63, 3.8) is 0 Å². The summed E-state index contributed by atoms with van der Waals surface area (Å²) in [4.78, 5) is 10.6. The Kier molecular flexibility index (Phi) is 2.84. The number of carbonyl (C=O) groups is 1. The molecule has 0 radical (unpaired) electrons.